The molecule has 0 spiro atoms. The maximum Gasteiger partial charge on any atom is 0.434 e. The molecule has 2 aliphatic rings. The number of ether oxygens (including phenoxy) is 1. The monoisotopic (exact) mass is 530 g/mol. The minimum absolute atomic E-state index is 0.0429. The molecule has 1 unspecified atom stereocenters. The third-order valence-corrected chi connectivity index (χ3v) is 6.75. The first-order valence-corrected chi connectivity index (χ1v) is 12.4. The van der Waals surface area contributed by atoms with Crippen LogP contribution < -0.4 is 5.32 Å². The van der Waals surface area contributed by atoms with Gasteiger partial charge in [-0.1, -0.05) is 41.6 Å². The van der Waals surface area contributed by atoms with E-state index in [-0.39, 0.29) is 30.6 Å². The quantitative estimate of drug-likeness (QED) is 0.503. The van der Waals surface area contributed by atoms with Crippen LogP contribution >= 0.6 is 11.8 Å². The van der Waals surface area contributed by atoms with Gasteiger partial charge in [0, 0.05) is 24.6 Å². The Morgan fingerprint density at radius 1 is 1.22 bits per heavy atom. The third kappa shape index (κ3) is 5.71. The summed E-state index contributed by atoms with van der Waals surface area (Å²) >= 11 is 0.984. The van der Waals surface area contributed by atoms with E-state index in [2.05, 4.69) is 15.3 Å². The summed E-state index contributed by atoms with van der Waals surface area (Å²) in [6.07, 6.45) is -1.75. The number of carbonyl (C=O) groups is 2. The molecule has 0 saturated carbocycles. The van der Waals surface area contributed by atoms with Gasteiger partial charge < -0.3 is 15.0 Å². The van der Waals surface area contributed by atoms with Crippen LogP contribution in [-0.4, -0.2) is 39.7 Å². The largest absolute Gasteiger partial charge is 0.463 e. The van der Waals surface area contributed by atoms with Crippen LogP contribution in [0.2, 0.25) is 0 Å². The van der Waals surface area contributed by atoms with Crippen molar-refractivity contribution in [1.82, 2.24) is 15.2 Å². The van der Waals surface area contributed by atoms with Gasteiger partial charge >= 0.3 is 12.1 Å². The Hall–Kier alpha value is -3.60. The molecule has 2 aliphatic heterocycles. The summed E-state index contributed by atoms with van der Waals surface area (Å²) in [7, 11) is 0. The number of benzene rings is 1. The van der Waals surface area contributed by atoms with Gasteiger partial charge in [0.25, 0.3) is 0 Å². The number of aryl methyl sites for hydroxylation is 2. The van der Waals surface area contributed by atoms with Crippen LogP contribution in [0.3, 0.4) is 0 Å². The number of amidine groups is 1. The van der Waals surface area contributed by atoms with Gasteiger partial charge in [-0.2, -0.15) is 13.2 Å². The van der Waals surface area contributed by atoms with Crippen molar-refractivity contribution in [1.29, 1.82) is 0 Å². The molecule has 194 valence electrons. The number of nitrogens with zero attached hydrogens (tertiary/aromatic N) is 3. The number of rotatable bonds is 7. The lowest BCUT2D eigenvalue weighted by molar-refractivity contribution is -0.140. The summed E-state index contributed by atoms with van der Waals surface area (Å²) in [4.78, 5) is 35.2. The van der Waals surface area contributed by atoms with E-state index < -0.39 is 29.5 Å². The van der Waals surface area contributed by atoms with Crippen molar-refractivity contribution in [2.24, 2.45) is 4.99 Å². The number of hydrogen-bond donors (Lipinski definition) is 1. The molecule has 37 heavy (non-hydrogen) atoms. The Labute approximate surface area is 216 Å². The SMILES string of the molecule is CCOC(=O)C1=C(C(F)(F)F)N=C2SC=C(CC(=O)NCc3cccnc3)N2C1c1cc(C)ccc1C. The maximum absolute atomic E-state index is 14.2. The number of alkyl halides is 3. The Kier molecular flexibility index (Phi) is 7.72. The zero-order valence-corrected chi connectivity index (χ0v) is 21.2. The van der Waals surface area contributed by atoms with Crippen molar-refractivity contribution in [2.75, 3.05) is 6.61 Å². The number of aromatic nitrogens is 1. The van der Waals surface area contributed by atoms with Gasteiger partial charge in [-0.25, -0.2) is 9.79 Å². The number of amides is 1. The normalized spacial score (nSPS) is 17.2. The van der Waals surface area contributed by atoms with Crippen molar-refractivity contribution in [3.05, 3.63) is 87.4 Å². The van der Waals surface area contributed by atoms with Crippen LogP contribution in [-0.2, 0) is 20.9 Å². The molecule has 0 aliphatic carbocycles. The summed E-state index contributed by atoms with van der Waals surface area (Å²) in [6.45, 7) is 5.27. The summed E-state index contributed by atoms with van der Waals surface area (Å²) in [5, 5.41) is 4.45. The summed E-state index contributed by atoms with van der Waals surface area (Å²) in [5.41, 5.74) is 1.36. The van der Waals surface area contributed by atoms with E-state index in [1.54, 1.807) is 42.9 Å². The highest BCUT2D eigenvalue weighted by atomic mass is 32.2. The van der Waals surface area contributed by atoms with E-state index in [1.165, 1.54) is 11.8 Å². The van der Waals surface area contributed by atoms with E-state index in [0.29, 0.717) is 16.8 Å². The van der Waals surface area contributed by atoms with Crippen molar-refractivity contribution >= 4 is 28.8 Å². The molecule has 0 saturated heterocycles. The molecule has 0 bridgehead atoms. The van der Waals surface area contributed by atoms with Crippen LogP contribution in [0.5, 0.6) is 0 Å². The maximum atomic E-state index is 14.2. The Morgan fingerprint density at radius 2 is 2.00 bits per heavy atom. The van der Waals surface area contributed by atoms with Crippen LogP contribution in [0, 0.1) is 13.8 Å². The van der Waals surface area contributed by atoms with Gasteiger partial charge in [-0.05, 0) is 48.9 Å². The molecule has 2 aromatic rings. The molecule has 1 N–H and O–H groups in total. The van der Waals surface area contributed by atoms with Gasteiger partial charge in [0.2, 0.25) is 5.91 Å². The number of allylic oxidation sites excluding steroid dienone is 1. The van der Waals surface area contributed by atoms with E-state index >= 15 is 0 Å². The van der Waals surface area contributed by atoms with E-state index in [1.807, 2.05) is 19.1 Å². The molecule has 11 heteroatoms. The molecule has 0 fully saturated rings. The number of fused-ring (bicyclic) bond motifs is 1. The minimum Gasteiger partial charge on any atom is -0.463 e. The highest BCUT2D eigenvalue weighted by Crippen LogP contribution is 2.48. The predicted molar refractivity (Wildman–Crippen MR) is 134 cm³/mol. The first-order valence-electron chi connectivity index (χ1n) is 11.5. The van der Waals surface area contributed by atoms with Gasteiger partial charge in [-0.3, -0.25) is 9.78 Å². The first-order chi connectivity index (χ1) is 17.6. The Bertz CT molecular complexity index is 1310. The van der Waals surface area contributed by atoms with E-state index in [0.717, 1.165) is 22.9 Å². The van der Waals surface area contributed by atoms with Crippen LogP contribution in [0.4, 0.5) is 13.2 Å². The number of aliphatic imine (C=N–C) groups is 1. The summed E-state index contributed by atoms with van der Waals surface area (Å²) in [5.74, 6) is -1.43. The predicted octanol–water partition coefficient (Wildman–Crippen LogP) is 5.09. The minimum atomic E-state index is -4.89. The fourth-order valence-corrected chi connectivity index (χ4v) is 5.09. The number of halogens is 3. The Morgan fingerprint density at radius 3 is 2.68 bits per heavy atom. The smallest absolute Gasteiger partial charge is 0.434 e. The fourth-order valence-electron chi connectivity index (χ4n) is 4.17. The lowest BCUT2D eigenvalue weighted by atomic mass is 9.89. The van der Waals surface area contributed by atoms with Crippen molar-refractivity contribution in [3.8, 4) is 0 Å². The summed E-state index contributed by atoms with van der Waals surface area (Å²) < 4.78 is 47.7. The molecule has 3 heterocycles. The number of thioether (sulfide) groups is 1. The lowest BCUT2D eigenvalue weighted by Gasteiger charge is -2.37. The topological polar surface area (TPSA) is 83.9 Å². The molecular formula is C26H25F3N4O3S. The van der Waals surface area contributed by atoms with Crippen LogP contribution in [0.1, 0.15) is 41.6 Å². The number of hydrogen-bond acceptors (Lipinski definition) is 7. The molecule has 1 amide bonds. The Balaban J connectivity index is 1.74. The van der Waals surface area contributed by atoms with Crippen LogP contribution in [0.25, 0.3) is 0 Å². The van der Waals surface area contributed by atoms with E-state index in [4.69, 9.17) is 4.74 Å². The number of nitrogens with one attached hydrogen (secondary N) is 1. The first kappa shape index (κ1) is 26.5. The molecule has 7 nitrogen and oxygen atoms in total. The van der Waals surface area contributed by atoms with Crippen LogP contribution in [0.15, 0.2) is 70.1 Å². The van der Waals surface area contributed by atoms with Gasteiger partial charge in [-0.15, -0.1) is 0 Å². The van der Waals surface area contributed by atoms with Crippen molar-refractivity contribution < 1.29 is 27.5 Å². The van der Waals surface area contributed by atoms with Crippen molar-refractivity contribution in [2.45, 2.75) is 46.0 Å². The van der Waals surface area contributed by atoms with Gasteiger partial charge in [0.15, 0.2) is 10.9 Å². The zero-order valence-electron chi connectivity index (χ0n) is 20.4. The summed E-state index contributed by atoms with van der Waals surface area (Å²) in [6, 6.07) is 7.79. The van der Waals surface area contributed by atoms with Gasteiger partial charge in [0.1, 0.15) is 0 Å². The average Bonchev–Trinajstić information content (AvgIpc) is 3.26. The highest BCUT2D eigenvalue weighted by Gasteiger charge is 2.49. The molecule has 4 rings (SSSR count). The zero-order chi connectivity index (χ0) is 26.7. The number of pyridine rings is 1. The second kappa shape index (κ2) is 10.8. The number of esters is 1. The molecule has 0 radical (unpaired) electrons. The van der Waals surface area contributed by atoms with E-state index in [9.17, 15) is 22.8 Å². The van der Waals surface area contributed by atoms with Gasteiger partial charge in [0.05, 0.1) is 24.6 Å². The fraction of sp³-hybridized carbons (Fsp3) is 0.308. The molecule has 1 aromatic carbocycles. The second-order valence-corrected chi connectivity index (χ2v) is 9.39. The molecular weight excluding hydrogens is 505 g/mol. The highest BCUT2D eigenvalue weighted by molar-refractivity contribution is 8.16. The lowest BCUT2D eigenvalue weighted by Crippen LogP contribution is -2.40. The third-order valence-electron chi connectivity index (χ3n) is 5.86. The molecule has 1 atom stereocenters. The standard InChI is InChI=1S/C26H25F3N4O3S/c1-4-36-24(35)21-22(19-10-15(2)7-8-16(19)3)33-18(14-37-25(33)32-23(21)26(27,28)29)11-20(34)31-13-17-6-5-9-30-12-17/h5-10,12,14,22H,4,11,13H2,1-3H3,(H,31,34). The van der Waals surface area contributed by atoms with Crippen molar-refractivity contribution in [3.63, 3.8) is 0 Å². The average molecular weight is 531 g/mol. The molecule has 1 aromatic heterocycles. The number of carbonyl (C=O) groups excluding carboxylic acids is 2. The second-order valence-electron chi connectivity index (χ2n) is 8.55.